The fraction of sp³-hybridized carbons (Fsp3) is 0.854. The van der Waals surface area contributed by atoms with Crippen LogP contribution in [0.5, 0.6) is 0 Å². The summed E-state index contributed by atoms with van der Waals surface area (Å²) in [5.74, 6) is -0.892. The van der Waals surface area contributed by atoms with E-state index >= 15 is 0 Å². The summed E-state index contributed by atoms with van der Waals surface area (Å²) in [4.78, 5) is 37.7. The maximum Gasteiger partial charge on any atom is 0.306 e. The molecule has 0 saturated carbocycles. The number of carbonyl (C=O) groups is 3. The number of ether oxygens (including phenoxy) is 3. The van der Waals surface area contributed by atoms with Crippen molar-refractivity contribution in [2.45, 2.75) is 252 Å². The molecular weight excluding hydrogens is 673 g/mol. The van der Waals surface area contributed by atoms with Crippen molar-refractivity contribution >= 4 is 17.9 Å². The van der Waals surface area contributed by atoms with Gasteiger partial charge in [-0.15, -0.1) is 0 Å². The molecule has 0 spiro atoms. The molecule has 0 radical (unpaired) electrons. The van der Waals surface area contributed by atoms with Gasteiger partial charge >= 0.3 is 17.9 Å². The summed E-state index contributed by atoms with van der Waals surface area (Å²) < 4.78 is 16.7. The SMILES string of the molecule is CCCCCC/C=C\CCCCCCCC(=O)OC(COC(=O)CCCCCCC/C=C\CCCCCCCC)COC(=O)CCCCCCCCCC. The maximum absolute atomic E-state index is 12.7. The van der Waals surface area contributed by atoms with Crippen LogP contribution in [0.15, 0.2) is 24.3 Å². The minimum absolute atomic E-state index is 0.0750. The lowest BCUT2D eigenvalue weighted by molar-refractivity contribution is -0.167. The molecule has 316 valence electrons. The lowest BCUT2D eigenvalue weighted by Gasteiger charge is -2.18. The average Bonchev–Trinajstić information content (AvgIpc) is 3.17. The summed E-state index contributed by atoms with van der Waals surface area (Å²) in [5.41, 5.74) is 0. The molecule has 0 fully saturated rings. The maximum atomic E-state index is 12.7. The molecule has 0 aliphatic rings. The van der Waals surface area contributed by atoms with Gasteiger partial charge in [0.15, 0.2) is 6.10 Å². The van der Waals surface area contributed by atoms with Crippen molar-refractivity contribution in [3.8, 4) is 0 Å². The third-order valence-electron chi connectivity index (χ3n) is 10.2. The molecule has 0 N–H and O–H groups in total. The van der Waals surface area contributed by atoms with E-state index in [0.717, 1.165) is 70.6 Å². The minimum atomic E-state index is -0.771. The van der Waals surface area contributed by atoms with Crippen LogP contribution in [0.3, 0.4) is 0 Å². The summed E-state index contributed by atoms with van der Waals surface area (Å²) in [5, 5.41) is 0. The molecule has 0 rings (SSSR count). The molecule has 0 aliphatic heterocycles. The fourth-order valence-corrected chi connectivity index (χ4v) is 6.61. The van der Waals surface area contributed by atoms with Gasteiger partial charge in [-0.3, -0.25) is 14.4 Å². The number of allylic oxidation sites excluding steroid dienone is 4. The minimum Gasteiger partial charge on any atom is -0.462 e. The first kappa shape index (κ1) is 51.9. The first-order valence-electron chi connectivity index (χ1n) is 23.3. The van der Waals surface area contributed by atoms with Crippen molar-refractivity contribution in [1.29, 1.82) is 0 Å². The molecule has 6 heteroatoms. The van der Waals surface area contributed by atoms with Crippen LogP contribution >= 0.6 is 0 Å². The number of carbonyl (C=O) groups excluding carboxylic acids is 3. The molecule has 0 amide bonds. The molecule has 1 atom stereocenters. The van der Waals surface area contributed by atoms with Crippen molar-refractivity contribution in [3.05, 3.63) is 24.3 Å². The summed E-state index contributed by atoms with van der Waals surface area (Å²) in [6, 6.07) is 0. The zero-order valence-electron chi connectivity index (χ0n) is 36.0. The Hall–Kier alpha value is -2.11. The van der Waals surface area contributed by atoms with Gasteiger partial charge in [0.1, 0.15) is 13.2 Å². The van der Waals surface area contributed by atoms with Crippen molar-refractivity contribution in [2.75, 3.05) is 13.2 Å². The molecule has 0 aliphatic carbocycles. The highest BCUT2D eigenvalue weighted by Gasteiger charge is 2.19. The molecular formula is C48H88O6. The van der Waals surface area contributed by atoms with Gasteiger partial charge in [0, 0.05) is 19.3 Å². The highest BCUT2D eigenvalue weighted by Crippen LogP contribution is 2.14. The van der Waals surface area contributed by atoms with E-state index in [4.69, 9.17) is 14.2 Å². The molecule has 0 aromatic carbocycles. The van der Waals surface area contributed by atoms with Crippen LogP contribution in [0, 0.1) is 0 Å². The van der Waals surface area contributed by atoms with Gasteiger partial charge < -0.3 is 14.2 Å². The molecule has 6 nitrogen and oxygen atoms in total. The molecule has 0 saturated heterocycles. The van der Waals surface area contributed by atoms with Crippen LogP contribution in [-0.2, 0) is 28.6 Å². The first-order valence-corrected chi connectivity index (χ1v) is 23.3. The highest BCUT2D eigenvalue weighted by atomic mass is 16.6. The van der Waals surface area contributed by atoms with Crippen LogP contribution in [0.2, 0.25) is 0 Å². The lowest BCUT2D eigenvalue weighted by atomic mass is 10.1. The van der Waals surface area contributed by atoms with E-state index in [-0.39, 0.29) is 31.1 Å². The van der Waals surface area contributed by atoms with E-state index < -0.39 is 6.10 Å². The summed E-state index contributed by atoms with van der Waals surface area (Å²) in [6.45, 7) is 6.58. The quantitative estimate of drug-likeness (QED) is 0.0267. The molecule has 0 aromatic rings. The standard InChI is InChI=1S/C48H88O6/c1-4-7-10-13-16-19-21-23-24-26-27-29-32-35-38-41-47(50)53-44-45(43-52-46(49)40-37-34-31-18-15-12-9-6-3)54-48(51)42-39-36-33-30-28-25-22-20-17-14-11-8-5-2/h20,22-24,45H,4-19,21,25-44H2,1-3H3/b22-20-,24-23-. The molecule has 0 bridgehead atoms. The van der Waals surface area contributed by atoms with Gasteiger partial charge in [0.25, 0.3) is 0 Å². The lowest BCUT2D eigenvalue weighted by Crippen LogP contribution is -2.30. The summed E-state index contributed by atoms with van der Waals surface area (Å²) >= 11 is 0. The normalized spacial score (nSPS) is 12.1. The summed E-state index contributed by atoms with van der Waals surface area (Å²) in [7, 11) is 0. The van der Waals surface area contributed by atoms with E-state index in [0.29, 0.717) is 19.3 Å². The number of unbranched alkanes of at least 4 members (excludes halogenated alkanes) is 27. The molecule has 1 unspecified atom stereocenters. The molecule has 0 heterocycles. The monoisotopic (exact) mass is 761 g/mol. The Morgan fingerprint density at radius 3 is 0.944 bits per heavy atom. The fourth-order valence-electron chi connectivity index (χ4n) is 6.61. The Bertz CT molecular complexity index is 880. The van der Waals surface area contributed by atoms with E-state index in [1.54, 1.807) is 0 Å². The van der Waals surface area contributed by atoms with E-state index in [2.05, 4.69) is 45.1 Å². The Balaban J connectivity index is 4.33. The predicted molar refractivity (Wildman–Crippen MR) is 229 cm³/mol. The van der Waals surface area contributed by atoms with Gasteiger partial charge in [0.2, 0.25) is 0 Å². The Labute approximate surface area is 334 Å². The zero-order chi connectivity index (χ0) is 39.4. The van der Waals surface area contributed by atoms with E-state index in [1.807, 2.05) is 0 Å². The number of hydrogen-bond acceptors (Lipinski definition) is 6. The van der Waals surface area contributed by atoms with Crippen LogP contribution in [0.4, 0.5) is 0 Å². The number of hydrogen-bond donors (Lipinski definition) is 0. The van der Waals surface area contributed by atoms with Crippen LogP contribution in [0.1, 0.15) is 245 Å². The number of rotatable bonds is 42. The second-order valence-corrected chi connectivity index (χ2v) is 15.7. The third-order valence-corrected chi connectivity index (χ3v) is 10.2. The van der Waals surface area contributed by atoms with Crippen molar-refractivity contribution < 1.29 is 28.6 Å². The zero-order valence-corrected chi connectivity index (χ0v) is 36.0. The van der Waals surface area contributed by atoms with Gasteiger partial charge in [-0.25, -0.2) is 0 Å². The van der Waals surface area contributed by atoms with Gasteiger partial charge in [-0.05, 0) is 70.6 Å². The second kappa shape index (κ2) is 43.6. The second-order valence-electron chi connectivity index (χ2n) is 15.7. The molecule has 0 aromatic heterocycles. The number of esters is 3. The molecule has 54 heavy (non-hydrogen) atoms. The van der Waals surface area contributed by atoms with Crippen LogP contribution in [-0.4, -0.2) is 37.2 Å². The smallest absolute Gasteiger partial charge is 0.306 e. The van der Waals surface area contributed by atoms with E-state index in [9.17, 15) is 14.4 Å². The van der Waals surface area contributed by atoms with E-state index in [1.165, 1.54) is 135 Å². The first-order chi connectivity index (χ1) is 26.5. The van der Waals surface area contributed by atoms with Gasteiger partial charge in [0.05, 0.1) is 0 Å². The van der Waals surface area contributed by atoms with Gasteiger partial charge in [-0.1, -0.05) is 180 Å². The summed E-state index contributed by atoms with van der Waals surface area (Å²) in [6.07, 6.45) is 47.3. The average molecular weight is 761 g/mol. The topological polar surface area (TPSA) is 78.9 Å². The predicted octanol–water partition coefficient (Wildman–Crippen LogP) is 14.8. The Kier molecular flexibility index (Phi) is 41.9. The van der Waals surface area contributed by atoms with Crippen LogP contribution < -0.4 is 0 Å². The van der Waals surface area contributed by atoms with Crippen molar-refractivity contribution in [1.82, 2.24) is 0 Å². The highest BCUT2D eigenvalue weighted by molar-refractivity contribution is 5.71. The largest absolute Gasteiger partial charge is 0.462 e. The Morgan fingerprint density at radius 1 is 0.352 bits per heavy atom. The Morgan fingerprint density at radius 2 is 0.611 bits per heavy atom. The van der Waals surface area contributed by atoms with Gasteiger partial charge in [-0.2, -0.15) is 0 Å². The van der Waals surface area contributed by atoms with Crippen molar-refractivity contribution in [2.24, 2.45) is 0 Å². The van der Waals surface area contributed by atoms with Crippen molar-refractivity contribution in [3.63, 3.8) is 0 Å². The van der Waals surface area contributed by atoms with Crippen LogP contribution in [0.25, 0.3) is 0 Å². The third kappa shape index (κ3) is 41.1.